The molecule has 1 aliphatic rings. The minimum atomic E-state index is -1.18. The zero-order valence-electron chi connectivity index (χ0n) is 16.9. The Hall–Kier alpha value is -3.23. The van der Waals surface area contributed by atoms with E-state index in [0.717, 1.165) is 6.42 Å². The highest BCUT2D eigenvalue weighted by Gasteiger charge is 2.23. The van der Waals surface area contributed by atoms with Gasteiger partial charge in [-0.2, -0.15) is 0 Å². The van der Waals surface area contributed by atoms with E-state index >= 15 is 0 Å². The van der Waals surface area contributed by atoms with Gasteiger partial charge in [-0.25, -0.2) is 14.6 Å². The van der Waals surface area contributed by atoms with Crippen LogP contribution in [-0.4, -0.2) is 39.1 Å². The van der Waals surface area contributed by atoms with Crippen molar-refractivity contribution in [1.29, 1.82) is 0 Å². The molecule has 2 heterocycles. The first kappa shape index (κ1) is 20.5. The summed E-state index contributed by atoms with van der Waals surface area (Å²) >= 11 is 0. The molecule has 3 rings (SSSR count). The fourth-order valence-electron chi connectivity index (χ4n) is 3.08. The molecule has 29 heavy (non-hydrogen) atoms. The minimum absolute atomic E-state index is 0.125. The van der Waals surface area contributed by atoms with E-state index in [1.165, 1.54) is 25.1 Å². The fraction of sp³-hybridized carbons (Fsp3) is 0.450. The van der Waals surface area contributed by atoms with E-state index in [1.54, 1.807) is 25.3 Å². The summed E-state index contributed by atoms with van der Waals surface area (Å²) in [5.41, 5.74) is -0.0493. The number of aryl methyl sites for hydroxylation is 1. The van der Waals surface area contributed by atoms with Crippen molar-refractivity contribution in [2.24, 2.45) is 0 Å². The molecule has 2 N–H and O–H groups in total. The number of esters is 1. The number of benzene rings is 1. The van der Waals surface area contributed by atoms with Gasteiger partial charge >= 0.3 is 12.0 Å². The molecule has 9 heteroatoms. The Kier molecular flexibility index (Phi) is 5.41. The average molecular weight is 400 g/mol. The first-order valence-corrected chi connectivity index (χ1v) is 9.42. The van der Waals surface area contributed by atoms with Crippen LogP contribution in [0.1, 0.15) is 50.3 Å². The number of rotatable bonds is 3. The third-order valence-electron chi connectivity index (χ3n) is 4.43. The first-order chi connectivity index (χ1) is 13.5. The first-order valence-electron chi connectivity index (χ1n) is 9.42. The van der Waals surface area contributed by atoms with Crippen molar-refractivity contribution >= 4 is 28.8 Å². The van der Waals surface area contributed by atoms with E-state index in [1.807, 2.05) is 0 Å². The van der Waals surface area contributed by atoms with Crippen molar-refractivity contribution in [3.63, 3.8) is 0 Å². The van der Waals surface area contributed by atoms with Crippen LogP contribution < -0.4 is 16.2 Å². The van der Waals surface area contributed by atoms with Gasteiger partial charge in [0.25, 0.3) is 11.5 Å². The maximum atomic E-state index is 12.5. The van der Waals surface area contributed by atoms with Crippen molar-refractivity contribution in [3.8, 4) is 0 Å². The molecule has 0 bridgehead atoms. The van der Waals surface area contributed by atoms with Crippen LogP contribution in [0, 0.1) is 0 Å². The molecule has 3 amide bonds. The van der Waals surface area contributed by atoms with Crippen molar-refractivity contribution in [3.05, 3.63) is 39.9 Å². The summed E-state index contributed by atoms with van der Waals surface area (Å²) in [4.78, 5) is 53.2. The number of ether oxygens (including phenoxy) is 1. The number of nitrogens with zero attached hydrogens (tertiary/aromatic N) is 2. The van der Waals surface area contributed by atoms with Gasteiger partial charge in [0.1, 0.15) is 5.82 Å². The van der Waals surface area contributed by atoms with E-state index in [-0.39, 0.29) is 11.1 Å². The molecular formula is C20H24N4O5. The summed E-state index contributed by atoms with van der Waals surface area (Å²) in [5, 5.41) is 5.15. The molecule has 1 aromatic carbocycles. The fourth-order valence-corrected chi connectivity index (χ4v) is 3.08. The van der Waals surface area contributed by atoms with Crippen LogP contribution in [0.15, 0.2) is 23.0 Å². The molecule has 1 atom stereocenters. The van der Waals surface area contributed by atoms with Gasteiger partial charge in [0, 0.05) is 18.5 Å². The molecule has 0 radical (unpaired) electrons. The molecule has 0 unspecified atom stereocenters. The maximum absolute atomic E-state index is 12.5. The Morgan fingerprint density at radius 1 is 1.24 bits per heavy atom. The summed E-state index contributed by atoms with van der Waals surface area (Å²) in [6.07, 6.45) is 0.402. The topological polar surface area (TPSA) is 119 Å². The number of urea groups is 1. The number of carbonyl (C=O) groups excluding carboxylic acids is 3. The normalized spacial score (nSPS) is 14.2. The molecule has 9 nitrogen and oxygen atoms in total. The van der Waals surface area contributed by atoms with Gasteiger partial charge in [-0.3, -0.25) is 19.5 Å². The lowest BCUT2D eigenvalue weighted by atomic mass is 10.1. The molecule has 0 aliphatic carbocycles. The van der Waals surface area contributed by atoms with Gasteiger partial charge in [-0.05, 0) is 52.3 Å². The largest absolute Gasteiger partial charge is 0.449 e. The zero-order chi connectivity index (χ0) is 21.3. The van der Waals surface area contributed by atoms with Crippen molar-refractivity contribution < 1.29 is 19.1 Å². The molecule has 0 fully saturated rings. The smallest absolute Gasteiger partial charge is 0.338 e. The summed E-state index contributed by atoms with van der Waals surface area (Å²) in [6.45, 7) is 7.34. The van der Waals surface area contributed by atoms with Crippen LogP contribution in [0.4, 0.5) is 4.79 Å². The number of imide groups is 1. The van der Waals surface area contributed by atoms with Gasteiger partial charge in [0.2, 0.25) is 0 Å². The second-order valence-corrected chi connectivity index (χ2v) is 8.06. The zero-order valence-corrected chi connectivity index (χ0v) is 16.9. The Morgan fingerprint density at radius 3 is 2.66 bits per heavy atom. The number of amides is 3. The monoisotopic (exact) mass is 400 g/mol. The quantitative estimate of drug-likeness (QED) is 0.754. The van der Waals surface area contributed by atoms with Crippen LogP contribution >= 0.6 is 0 Å². The van der Waals surface area contributed by atoms with Crippen molar-refractivity contribution in [2.75, 3.05) is 0 Å². The highest BCUT2D eigenvalue weighted by atomic mass is 16.5. The Balaban J connectivity index is 1.71. The lowest BCUT2D eigenvalue weighted by Gasteiger charge is -2.21. The lowest BCUT2D eigenvalue weighted by molar-refractivity contribution is -0.127. The van der Waals surface area contributed by atoms with Crippen LogP contribution in [0.3, 0.4) is 0 Å². The highest BCUT2D eigenvalue weighted by Crippen LogP contribution is 2.17. The molecule has 0 spiro atoms. The van der Waals surface area contributed by atoms with E-state index < -0.39 is 29.6 Å². The van der Waals surface area contributed by atoms with Gasteiger partial charge in [-0.15, -0.1) is 0 Å². The van der Waals surface area contributed by atoms with E-state index in [2.05, 4.69) is 15.6 Å². The second-order valence-electron chi connectivity index (χ2n) is 8.06. The standard InChI is InChI=1S/C20H24N4O5/c1-11(16(25)22-19(28)23-20(2,3)4)29-18(27)12-7-8-13-14(10-12)21-15-6-5-9-24(15)17(13)26/h7-8,10-11H,5-6,9H2,1-4H3,(H2,22,23,25,28)/t11-/m0/s1. The van der Waals surface area contributed by atoms with Crippen molar-refractivity contribution in [2.45, 2.75) is 58.7 Å². The SMILES string of the molecule is C[C@H](OC(=O)c1ccc2c(=O)n3c(nc2c1)CCC3)C(=O)NC(=O)NC(C)(C)C. The minimum Gasteiger partial charge on any atom is -0.449 e. The Morgan fingerprint density at radius 2 is 1.97 bits per heavy atom. The highest BCUT2D eigenvalue weighted by molar-refractivity contribution is 5.99. The van der Waals surface area contributed by atoms with E-state index in [4.69, 9.17) is 4.74 Å². The van der Waals surface area contributed by atoms with Crippen molar-refractivity contribution in [1.82, 2.24) is 20.2 Å². The van der Waals surface area contributed by atoms with E-state index in [0.29, 0.717) is 29.7 Å². The molecule has 0 saturated heterocycles. The number of carbonyl (C=O) groups is 3. The van der Waals surface area contributed by atoms with Crippen LogP contribution in [-0.2, 0) is 22.5 Å². The molecule has 154 valence electrons. The van der Waals surface area contributed by atoms with Crippen LogP contribution in [0.25, 0.3) is 10.9 Å². The number of fused-ring (bicyclic) bond motifs is 2. The predicted octanol–water partition coefficient (Wildman–Crippen LogP) is 1.51. The molecular weight excluding hydrogens is 376 g/mol. The molecule has 1 aromatic heterocycles. The molecule has 1 aliphatic heterocycles. The predicted molar refractivity (Wildman–Crippen MR) is 106 cm³/mol. The van der Waals surface area contributed by atoms with Gasteiger partial charge < -0.3 is 10.1 Å². The lowest BCUT2D eigenvalue weighted by Crippen LogP contribution is -2.50. The molecule has 2 aromatic rings. The summed E-state index contributed by atoms with van der Waals surface area (Å²) in [5.74, 6) is -0.783. The Bertz CT molecular complexity index is 1050. The third kappa shape index (κ3) is 4.61. The number of hydrogen-bond donors (Lipinski definition) is 2. The Labute approximate surface area is 167 Å². The summed E-state index contributed by atoms with van der Waals surface area (Å²) in [7, 11) is 0. The van der Waals surface area contributed by atoms with E-state index in [9.17, 15) is 19.2 Å². The average Bonchev–Trinajstić information content (AvgIpc) is 3.08. The second kappa shape index (κ2) is 7.65. The third-order valence-corrected chi connectivity index (χ3v) is 4.43. The summed E-state index contributed by atoms with van der Waals surface area (Å²) < 4.78 is 6.81. The number of aromatic nitrogens is 2. The molecule has 0 saturated carbocycles. The van der Waals surface area contributed by atoms with Crippen LogP contribution in [0.2, 0.25) is 0 Å². The van der Waals surface area contributed by atoms with Crippen LogP contribution in [0.5, 0.6) is 0 Å². The number of hydrogen-bond acceptors (Lipinski definition) is 6. The van der Waals surface area contributed by atoms with Gasteiger partial charge in [0.15, 0.2) is 6.10 Å². The van der Waals surface area contributed by atoms with Gasteiger partial charge in [-0.1, -0.05) is 0 Å². The number of nitrogens with one attached hydrogen (secondary N) is 2. The van der Waals surface area contributed by atoms with Gasteiger partial charge in [0.05, 0.1) is 16.5 Å². The summed E-state index contributed by atoms with van der Waals surface area (Å²) in [6, 6.07) is 3.81. The maximum Gasteiger partial charge on any atom is 0.338 e.